The molecule has 4 rings (SSSR count). The van der Waals surface area contributed by atoms with E-state index in [1.165, 1.54) is 27.5 Å². The highest BCUT2D eigenvalue weighted by Crippen LogP contribution is 2.23. The second-order valence-electron chi connectivity index (χ2n) is 7.50. The van der Waals surface area contributed by atoms with Crippen molar-refractivity contribution in [1.29, 1.82) is 0 Å². The Morgan fingerprint density at radius 1 is 1.07 bits per heavy atom. The lowest BCUT2D eigenvalue weighted by Gasteiger charge is -2.12. The maximum atomic E-state index is 13.0. The third kappa shape index (κ3) is 2.61. The van der Waals surface area contributed by atoms with Gasteiger partial charge in [-0.25, -0.2) is 13.8 Å². The smallest absolute Gasteiger partial charge is 0.332 e. The molecule has 1 N–H and O–H groups in total. The second-order valence-corrected chi connectivity index (χ2v) is 7.50. The monoisotopic (exact) mass is 395 g/mol. The highest BCUT2D eigenvalue weighted by atomic mass is 16.3. The first-order valence-electron chi connectivity index (χ1n) is 9.26. The van der Waals surface area contributed by atoms with E-state index >= 15 is 0 Å². The summed E-state index contributed by atoms with van der Waals surface area (Å²) in [6, 6.07) is 8.83. The molecule has 0 atom stereocenters. The van der Waals surface area contributed by atoms with Crippen molar-refractivity contribution in [3.8, 4) is 11.6 Å². The van der Waals surface area contributed by atoms with E-state index < -0.39 is 16.8 Å². The minimum atomic E-state index is -0.592. The largest absolute Gasteiger partial charge is 0.494 e. The second kappa shape index (κ2) is 6.47. The van der Waals surface area contributed by atoms with Crippen molar-refractivity contribution in [1.82, 2.24) is 23.1 Å². The molecule has 0 saturated carbocycles. The molecule has 0 aliphatic heterocycles. The number of fused-ring (bicyclic) bond motifs is 3. The Balaban J connectivity index is 2.32. The average Bonchev–Trinajstić information content (AvgIpc) is 3.09. The van der Waals surface area contributed by atoms with Crippen LogP contribution in [0, 0.1) is 12.8 Å². The zero-order valence-corrected chi connectivity index (χ0v) is 16.6. The molecule has 0 amide bonds. The van der Waals surface area contributed by atoms with Crippen LogP contribution in [0.15, 0.2) is 44.7 Å². The van der Waals surface area contributed by atoms with Gasteiger partial charge in [-0.3, -0.25) is 18.7 Å². The number of rotatable bonds is 3. The molecule has 0 radical (unpaired) electrons. The van der Waals surface area contributed by atoms with Crippen LogP contribution in [0.3, 0.4) is 0 Å². The number of hydrogen-bond donors (Lipinski definition) is 1. The van der Waals surface area contributed by atoms with E-state index in [2.05, 4.69) is 4.98 Å². The van der Waals surface area contributed by atoms with E-state index in [0.717, 1.165) is 4.57 Å². The molecule has 150 valence electrons. The minimum Gasteiger partial charge on any atom is -0.494 e. The lowest BCUT2D eigenvalue weighted by molar-refractivity contribution is 0.439. The normalized spacial score (nSPS) is 11.8. The van der Waals surface area contributed by atoms with Crippen LogP contribution >= 0.6 is 0 Å². The molecule has 0 bridgehead atoms. The van der Waals surface area contributed by atoms with Gasteiger partial charge in [-0.1, -0.05) is 32.0 Å². The van der Waals surface area contributed by atoms with Gasteiger partial charge in [-0.05, 0) is 25.0 Å². The average molecular weight is 395 g/mol. The number of hydrogen-bond acceptors (Lipinski definition) is 5. The molecule has 0 aliphatic rings. The molecular weight excluding hydrogens is 374 g/mol. The molecule has 9 nitrogen and oxygen atoms in total. The molecule has 0 spiro atoms. The van der Waals surface area contributed by atoms with Crippen molar-refractivity contribution in [3.63, 3.8) is 0 Å². The van der Waals surface area contributed by atoms with Crippen molar-refractivity contribution in [3.05, 3.63) is 67.1 Å². The van der Waals surface area contributed by atoms with E-state index in [1.54, 1.807) is 24.3 Å². The fraction of sp³-hybridized carbons (Fsp3) is 0.300. The maximum absolute atomic E-state index is 13.0. The standard InChI is InChI=1S/C20H21N5O4/c1-11(2)10-23-15-14(18(28)22(4)20(23)29)25-17(27)12(3)16(26)24(19(25)21-15)13-8-6-5-7-9-13/h5-9,11,27H,10H2,1-4H3. The Bertz CT molecular complexity index is 1440. The predicted molar refractivity (Wildman–Crippen MR) is 109 cm³/mol. The number of aromatic nitrogens is 5. The molecule has 29 heavy (non-hydrogen) atoms. The van der Waals surface area contributed by atoms with Crippen LogP contribution in [0.2, 0.25) is 0 Å². The Hall–Kier alpha value is -3.62. The molecule has 0 fully saturated rings. The van der Waals surface area contributed by atoms with Crippen LogP contribution in [0.5, 0.6) is 5.88 Å². The summed E-state index contributed by atoms with van der Waals surface area (Å²) >= 11 is 0. The van der Waals surface area contributed by atoms with E-state index in [1.807, 2.05) is 19.9 Å². The summed E-state index contributed by atoms with van der Waals surface area (Å²) in [5.41, 5.74) is -0.745. The number of aromatic hydroxyl groups is 1. The fourth-order valence-corrected chi connectivity index (χ4v) is 3.51. The van der Waals surface area contributed by atoms with Gasteiger partial charge in [0.25, 0.3) is 11.1 Å². The van der Waals surface area contributed by atoms with Gasteiger partial charge in [0.15, 0.2) is 11.2 Å². The van der Waals surface area contributed by atoms with E-state index in [-0.39, 0.29) is 34.3 Å². The summed E-state index contributed by atoms with van der Waals surface area (Å²) in [6.45, 7) is 5.71. The number of nitrogens with zero attached hydrogens (tertiary/aromatic N) is 5. The van der Waals surface area contributed by atoms with Gasteiger partial charge in [0.05, 0.1) is 11.3 Å². The minimum absolute atomic E-state index is 0.0491. The van der Waals surface area contributed by atoms with Crippen molar-refractivity contribution in [2.75, 3.05) is 0 Å². The number of benzene rings is 1. The zero-order chi connectivity index (χ0) is 21.0. The fourth-order valence-electron chi connectivity index (χ4n) is 3.51. The van der Waals surface area contributed by atoms with Gasteiger partial charge >= 0.3 is 5.69 Å². The Morgan fingerprint density at radius 2 is 1.72 bits per heavy atom. The third-order valence-electron chi connectivity index (χ3n) is 4.96. The van der Waals surface area contributed by atoms with Gasteiger partial charge in [-0.2, -0.15) is 4.98 Å². The third-order valence-corrected chi connectivity index (χ3v) is 4.96. The molecule has 3 heterocycles. The summed E-state index contributed by atoms with van der Waals surface area (Å²) < 4.78 is 4.98. The summed E-state index contributed by atoms with van der Waals surface area (Å²) in [5, 5.41) is 10.7. The van der Waals surface area contributed by atoms with Crippen LogP contribution in [0.4, 0.5) is 0 Å². The van der Waals surface area contributed by atoms with Crippen LogP contribution < -0.4 is 16.8 Å². The van der Waals surface area contributed by atoms with E-state index in [0.29, 0.717) is 12.2 Å². The topological polar surface area (TPSA) is 104 Å². The summed E-state index contributed by atoms with van der Waals surface area (Å²) in [5.74, 6) is -0.184. The highest BCUT2D eigenvalue weighted by Gasteiger charge is 2.24. The molecule has 0 unspecified atom stereocenters. The summed E-state index contributed by atoms with van der Waals surface area (Å²) in [7, 11) is 1.39. The number of para-hydroxylation sites is 1. The van der Waals surface area contributed by atoms with E-state index in [9.17, 15) is 19.5 Å². The molecule has 4 aromatic rings. The summed E-state index contributed by atoms with van der Waals surface area (Å²) in [6.07, 6.45) is 0. The van der Waals surface area contributed by atoms with Gasteiger partial charge in [0.2, 0.25) is 11.7 Å². The van der Waals surface area contributed by atoms with Crippen LogP contribution in [-0.2, 0) is 13.6 Å². The molecule has 0 aliphatic carbocycles. The lowest BCUT2D eigenvalue weighted by atomic mass is 10.2. The zero-order valence-electron chi connectivity index (χ0n) is 16.6. The molecule has 1 aromatic carbocycles. The first-order valence-corrected chi connectivity index (χ1v) is 9.26. The quantitative estimate of drug-likeness (QED) is 0.561. The van der Waals surface area contributed by atoms with Crippen LogP contribution in [0.1, 0.15) is 19.4 Å². The predicted octanol–water partition coefficient (Wildman–Crippen LogP) is 1.17. The Kier molecular flexibility index (Phi) is 4.18. The van der Waals surface area contributed by atoms with Crippen molar-refractivity contribution in [2.45, 2.75) is 27.3 Å². The van der Waals surface area contributed by atoms with Gasteiger partial charge in [-0.15, -0.1) is 0 Å². The maximum Gasteiger partial charge on any atom is 0.332 e. The van der Waals surface area contributed by atoms with Crippen molar-refractivity contribution in [2.24, 2.45) is 13.0 Å². The molecular formula is C20H21N5O4. The SMILES string of the molecule is Cc1c(O)n2c3c(=O)n(C)c(=O)n(CC(C)C)c3nc2n(-c2ccccc2)c1=O. The Morgan fingerprint density at radius 3 is 2.34 bits per heavy atom. The van der Waals surface area contributed by atoms with Gasteiger partial charge in [0.1, 0.15) is 0 Å². The molecule has 3 aromatic heterocycles. The highest BCUT2D eigenvalue weighted by molar-refractivity contribution is 5.77. The lowest BCUT2D eigenvalue weighted by Crippen LogP contribution is -2.39. The van der Waals surface area contributed by atoms with Crippen LogP contribution in [0.25, 0.3) is 22.6 Å². The van der Waals surface area contributed by atoms with Crippen molar-refractivity contribution < 1.29 is 5.11 Å². The van der Waals surface area contributed by atoms with Gasteiger partial charge < -0.3 is 5.11 Å². The van der Waals surface area contributed by atoms with E-state index in [4.69, 9.17) is 0 Å². The molecule has 9 heteroatoms. The Labute approximate surface area is 164 Å². The summed E-state index contributed by atoms with van der Waals surface area (Å²) in [4.78, 5) is 43.1. The van der Waals surface area contributed by atoms with Crippen LogP contribution in [-0.4, -0.2) is 28.2 Å². The van der Waals surface area contributed by atoms with Gasteiger partial charge in [0, 0.05) is 13.6 Å². The number of imidazole rings is 1. The first kappa shape index (κ1) is 18.7. The van der Waals surface area contributed by atoms with Crippen molar-refractivity contribution >= 4 is 16.9 Å². The molecule has 0 saturated heterocycles. The first-order chi connectivity index (χ1) is 13.7.